The molecule has 1 fully saturated rings. The van der Waals surface area contributed by atoms with E-state index in [1.165, 1.54) is 22.3 Å². The van der Waals surface area contributed by atoms with Crippen molar-refractivity contribution in [2.75, 3.05) is 24.7 Å². The van der Waals surface area contributed by atoms with Gasteiger partial charge in [-0.05, 0) is 34.6 Å². The lowest BCUT2D eigenvalue weighted by Crippen LogP contribution is -2.43. The summed E-state index contributed by atoms with van der Waals surface area (Å²) in [5, 5.41) is 3.10. The molecule has 4 nitrogen and oxygen atoms in total. The van der Waals surface area contributed by atoms with Crippen molar-refractivity contribution >= 4 is 23.6 Å². The molecule has 5 heteroatoms. The predicted molar refractivity (Wildman–Crippen MR) is 107 cm³/mol. The van der Waals surface area contributed by atoms with Gasteiger partial charge in [-0.25, -0.2) is 0 Å². The Morgan fingerprint density at radius 1 is 1.04 bits per heavy atom. The van der Waals surface area contributed by atoms with Crippen molar-refractivity contribution in [2.24, 2.45) is 5.92 Å². The zero-order valence-electron chi connectivity index (χ0n) is 15.1. The highest BCUT2D eigenvalue weighted by Gasteiger charge is 2.42. The molecule has 0 saturated carbocycles. The molecule has 138 valence electrons. The molecule has 2 bridgehead atoms. The van der Waals surface area contributed by atoms with Gasteiger partial charge in [0.25, 0.3) is 0 Å². The first-order valence-electron chi connectivity index (χ1n) is 9.52. The minimum Gasteiger partial charge on any atom is -0.354 e. The lowest BCUT2D eigenvalue weighted by atomic mass is 9.59. The number of thioether (sulfide) groups is 1. The molecule has 4 aliphatic rings. The van der Waals surface area contributed by atoms with E-state index in [1.54, 1.807) is 16.7 Å². The van der Waals surface area contributed by atoms with Gasteiger partial charge in [-0.2, -0.15) is 0 Å². The van der Waals surface area contributed by atoms with Gasteiger partial charge in [0.2, 0.25) is 11.8 Å². The summed E-state index contributed by atoms with van der Waals surface area (Å²) in [5.74, 6) is 2.29. The van der Waals surface area contributed by atoms with E-state index in [2.05, 4.69) is 53.8 Å². The van der Waals surface area contributed by atoms with Crippen LogP contribution in [0.25, 0.3) is 0 Å². The number of nitrogens with zero attached hydrogens (tertiary/aromatic N) is 1. The van der Waals surface area contributed by atoms with Crippen LogP contribution >= 0.6 is 11.8 Å². The summed E-state index contributed by atoms with van der Waals surface area (Å²) in [6.07, 6.45) is 1.07. The molecule has 27 heavy (non-hydrogen) atoms. The number of nitrogens with one attached hydrogen (secondary N) is 1. The third-order valence-electron chi connectivity index (χ3n) is 6.14. The van der Waals surface area contributed by atoms with Gasteiger partial charge in [0.1, 0.15) is 6.54 Å². The fourth-order valence-corrected chi connectivity index (χ4v) is 5.88. The second-order valence-corrected chi connectivity index (χ2v) is 8.61. The van der Waals surface area contributed by atoms with Crippen LogP contribution in [0.15, 0.2) is 48.5 Å². The van der Waals surface area contributed by atoms with Gasteiger partial charge in [0.05, 0.1) is 11.6 Å². The normalized spacial score (nSPS) is 25.3. The molecule has 3 aliphatic carbocycles. The van der Waals surface area contributed by atoms with Crippen LogP contribution in [-0.2, 0) is 9.59 Å². The van der Waals surface area contributed by atoms with Gasteiger partial charge < -0.3 is 10.2 Å². The average Bonchev–Trinajstić information content (AvgIpc) is 3.11. The Morgan fingerprint density at radius 2 is 1.67 bits per heavy atom. The number of carbonyl (C=O) groups excluding carboxylic acids is 2. The van der Waals surface area contributed by atoms with E-state index < -0.39 is 0 Å². The van der Waals surface area contributed by atoms with Crippen LogP contribution in [0.1, 0.15) is 40.5 Å². The Bertz CT molecular complexity index is 865. The molecule has 2 aromatic rings. The average molecular weight is 378 g/mol. The maximum Gasteiger partial charge on any atom is 0.239 e. The molecule has 2 aromatic carbocycles. The molecule has 1 unspecified atom stereocenters. The lowest BCUT2D eigenvalue weighted by Gasteiger charge is -2.45. The Balaban J connectivity index is 1.35. The van der Waals surface area contributed by atoms with Crippen molar-refractivity contribution in [3.05, 3.63) is 70.8 Å². The number of rotatable bonds is 4. The van der Waals surface area contributed by atoms with Crippen LogP contribution in [0.4, 0.5) is 0 Å². The van der Waals surface area contributed by atoms with Crippen LogP contribution in [0.3, 0.4) is 0 Å². The maximum absolute atomic E-state index is 12.4. The zero-order chi connectivity index (χ0) is 18.4. The molecule has 1 saturated heterocycles. The van der Waals surface area contributed by atoms with Crippen molar-refractivity contribution in [2.45, 2.75) is 18.3 Å². The Kier molecular flexibility index (Phi) is 4.20. The summed E-state index contributed by atoms with van der Waals surface area (Å²) >= 11 is 1.57. The summed E-state index contributed by atoms with van der Waals surface area (Å²) < 4.78 is 0. The summed E-state index contributed by atoms with van der Waals surface area (Å²) in [4.78, 5) is 25.7. The topological polar surface area (TPSA) is 49.4 Å². The molecule has 1 N–H and O–H groups in total. The van der Waals surface area contributed by atoms with Crippen molar-refractivity contribution in [3.63, 3.8) is 0 Å². The van der Waals surface area contributed by atoms with Gasteiger partial charge in [0, 0.05) is 18.4 Å². The molecule has 0 spiro atoms. The predicted octanol–water partition coefficient (Wildman–Crippen LogP) is 2.93. The van der Waals surface area contributed by atoms with E-state index >= 15 is 0 Å². The molecule has 1 atom stereocenters. The summed E-state index contributed by atoms with van der Waals surface area (Å²) in [5.41, 5.74) is 5.72. The van der Waals surface area contributed by atoms with Crippen molar-refractivity contribution in [3.8, 4) is 0 Å². The number of amides is 2. The summed E-state index contributed by atoms with van der Waals surface area (Å²) in [6, 6.07) is 17.5. The minimum absolute atomic E-state index is 0.0473. The summed E-state index contributed by atoms with van der Waals surface area (Å²) in [6.45, 7) is 0.845. The van der Waals surface area contributed by atoms with Crippen molar-refractivity contribution < 1.29 is 9.59 Å². The van der Waals surface area contributed by atoms with E-state index in [-0.39, 0.29) is 18.4 Å². The smallest absolute Gasteiger partial charge is 0.239 e. The SMILES string of the molecule is O=C(CN1CSCC1=O)NCC1CC2c3ccccc3C1c1ccccc12. The molecular weight excluding hydrogens is 356 g/mol. The monoisotopic (exact) mass is 378 g/mol. The number of hydrogen-bond acceptors (Lipinski definition) is 3. The van der Waals surface area contributed by atoms with Crippen LogP contribution in [0.5, 0.6) is 0 Å². The molecule has 1 heterocycles. The molecule has 1 aliphatic heterocycles. The zero-order valence-corrected chi connectivity index (χ0v) is 15.9. The van der Waals surface area contributed by atoms with E-state index in [1.807, 2.05) is 0 Å². The highest BCUT2D eigenvalue weighted by Crippen LogP contribution is 2.55. The van der Waals surface area contributed by atoms with Crippen LogP contribution in [0, 0.1) is 5.92 Å². The maximum atomic E-state index is 12.4. The number of benzene rings is 2. The van der Waals surface area contributed by atoms with E-state index in [0.29, 0.717) is 35.9 Å². The third kappa shape index (κ3) is 2.85. The van der Waals surface area contributed by atoms with Gasteiger partial charge >= 0.3 is 0 Å². The van der Waals surface area contributed by atoms with Crippen LogP contribution in [-0.4, -0.2) is 41.4 Å². The number of hydrogen-bond donors (Lipinski definition) is 1. The number of fused-ring (bicyclic) bond motifs is 1. The van der Waals surface area contributed by atoms with Gasteiger partial charge in [-0.15, -0.1) is 11.8 Å². The van der Waals surface area contributed by atoms with Crippen LogP contribution in [0.2, 0.25) is 0 Å². The van der Waals surface area contributed by atoms with E-state index in [0.717, 1.165) is 6.42 Å². The highest BCUT2D eigenvalue weighted by atomic mass is 32.2. The van der Waals surface area contributed by atoms with Gasteiger partial charge in [0.15, 0.2) is 0 Å². The molecular formula is C22H22N2O2S. The minimum atomic E-state index is -0.0473. The second-order valence-electron chi connectivity index (χ2n) is 7.66. The van der Waals surface area contributed by atoms with Gasteiger partial charge in [-0.3, -0.25) is 9.59 Å². The standard InChI is InChI=1S/C22H22N2O2S/c25-20(11-24-13-27-12-21(24)26)23-10-14-9-19-15-5-1-3-7-17(15)22(14)18-8-4-2-6-16(18)19/h1-8,14,19,22H,9-13H2,(H,23,25). The first kappa shape index (κ1) is 16.9. The Labute approximate surface area is 163 Å². The molecule has 0 radical (unpaired) electrons. The first-order chi connectivity index (χ1) is 13.2. The third-order valence-corrected chi connectivity index (χ3v) is 7.09. The quantitative estimate of drug-likeness (QED) is 0.890. The van der Waals surface area contributed by atoms with E-state index in [4.69, 9.17) is 0 Å². The Morgan fingerprint density at radius 3 is 2.26 bits per heavy atom. The first-order valence-corrected chi connectivity index (χ1v) is 10.7. The van der Waals surface area contributed by atoms with Crippen molar-refractivity contribution in [1.29, 1.82) is 0 Å². The fraction of sp³-hybridized carbons (Fsp3) is 0.364. The lowest BCUT2D eigenvalue weighted by molar-refractivity contribution is -0.132. The molecule has 6 rings (SSSR count). The molecule has 2 amide bonds. The van der Waals surface area contributed by atoms with Crippen molar-refractivity contribution in [1.82, 2.24) is 10.2 Å². The largest absolute Gasteiger partial charge is 0.354 e. The van der Waals surface area contributed by atoms with Crippen LogP contribution < -0.4 is 5.32 Å². The Hall–Kier alpha value is -2.27. The number of carbonyl (C=O) groups is 2. The highest BCUT2D eigenvalue weighted by molar-refractivity contribution is 8.00. The molecule has 0 aromatic heterocycles. The second kappa shape index (κ2) is 6.71. The fourth-order valence-electron chi connectivity index (χ4n) is 4.97. The van der Waals surface area contributed by atoms with Gasteiger partial charge in [-0.1, -0.05) is 48.5 Å². The summed E-state index contributed by atoms with van der Waals surface area (Å²) in [7, 11) is 0. The van der Waals surface area contributed by atoms with E-state index in [9.17, 15) is 9.59 Å².